The number of nitrogen functional groups attached to an aromatic ring is 1. The molecule has 0 saturated heterocycles. The number of nitrogens with one attached hydrogen (secondary N) is 4. The van der Waals surface area contributed by atoms with E-state index >= 15 is 0 Å². The molecule has 0 saturated carbocycles. The molecule has 3 rings (SSSR count). The monoisotopic (exact) mass is 448 g/mol. The molecule has 1 amide bonds. The molecule has 0 radical (unpaired) electrons. The van der Waals surface area contributed by atoms with E-state index in [1.807, 2.05) is 10.6 Å². The van der Waals surface area contributed by atoms with Gasteiger partial charge in [-0.3, -0.25) is 14.9 Å². The number of hydrogen-bond donors (Lipinski definition) is 8. The zero-order valence-electron chi connectivity index (χ0n) is 17.1. The molecule has 2 atom stereocenters. The van der Waals surface area contributed by atoms with E-state index in [1.54, 1.807) is 24.3 Å². The smallest absolute Gasteiger partial charge is 0.360 e. The summed E-state index contributed by atoms with van der Waals surface area (Å²) in [6, 6.07) is 5.39. The minimum atomic E-state index is -1.29. The van der Waals surface area contributed by atoms with Gasteiger partial charge in [-0.05, 0) is 30.7 Å². The van der Waals surface area contributed by atoms with Gasteiger partial charge in [-0.15, -0.1) is 0 Å². The van der Waals surface area contributed by atoms with Crippen LogP contribution in [-0.4, -0.2) is 58.2 Å². The minimum absolute atomic E-state index is 0.0779. The zero-order chi connectivity index (χ0) is 23.3. The lowest BCUT2D eigenvalue weighted by Gasteiger charge is -2.19. The second-order valence-corrected chi connectivity index (χ2v) is 7.45. The highest BCUT2D eigenvalue weighted by atomic mass is 16.4. The Morgan fingerprint density at radius 1 is 1.28 bits per heavy atom. The van der Waals surface area contributed by atoms with Crippen molar-refractivity contribution in [3.8, 4) is 0 Å². The Kier molecular flexibility index (Phi) is 7.02. The van der Waals surface area contributed by atoms with Gasteiger partial charge in [-0.2, -0.15) is 0 Å². The normalized spacial score (nSPS) is 15.8. The maximum Gasteiger partial charge on any atom is 0.360 e. The quantitative estimate of drug-likeness (QED) is 0.181. The summed E-state index contributed by atoms with van der Waals surface area (Å²) in [5, 5.41) is 27.2. The van der Waals surface area contributed by atoms with Crippen LogP contribution in [0.1, 0.15) is 23.2 Å². The Balaban J connectivity index is 1.54. The summed E-state index contributed by atoms with van der Waals surface area (Å²) in [5.41, 5.74) is 6.96. The van der Waals surface area contributed by atoms with Crippen molar-refractivity contribution >= 4 is 41.0 Å². The number of fused-ring (bicyclic) bond motifs is 1. The van der Waals surface area contributed by atoms with Crippen molar-refractivity contribution in [3.05, 3.63) is 40.2 Å². The van der Waals surface area contributed by atoms with E-state index in [0.29, 0.717) is 24.6 Å². The number of hydrogen-bond acceptors (Lipinski definition) is 6. The van der Waals surface area contributed by atoms with Crippen LogP contribution in [0.4, 0.5) is 23.1 Å². The van der Waals surface area contributed by atoms with E-state index in [9.17, 15) is 19.2 Å². The number of anilines is 2. The Hall–Kier alpha value is -3.97. The van der Waals surface area contributed by atoms with Crippen molar-refractivity contribution in [3.63, 3.8) is 0 Å². The first kappa shape index (κ1) is 22.7. The molecule has 13 heteroatoms. The lowest BCUT2D eigenvalue weighted by Crippen LogP contribution is -2.97. The molecule has 1 aromatic heterocycles. The lowest BCUT2D eigenvalue weighted by atomic mass is 10.1. The first-order chi connectivity index (χ1) is 15.2. The number of carbonyl (C=O) groups excluding carboxylic acids is 1. The van der Waals surface area contributed by atoms with Crippen LogP contribution in [0.25, 0.3) is 0 Å². The van der Waals surface area contributed by atoms with Gasteiger partial charge in [-0.25, -0.2) is 19.6 Å². The molecule has 2 unspecified atom stereocenters. The minimum Gasteiger partial charge on any atom is -0.481 e. The van der Waals surface area contributed by atoms with Gasteiger partial charge in [0.2, 0.25) is 0 Å². The van der Waals surface area contributed by atoms with Gasteiger partial charge in [0, 0.05) is 12.0 Å². The van der Waals surface area contributed by atoms with Gasteiger partial charge in [-0.1, -0.05) is 0 Å². The summed E-state index contributed by atoms with van der Waals surface area (Å²) < 4.78 is 0. The van der Waals surface area contributed by atoms with E-state index in [1.165, 1.54) is 0 Å². The van der Waals surface area contributed by atoms with E-state index in [-0.39, 0.29) is 36.0 Å². The van der Waals surface area contributed by atoms with Crippen molar-refractivity contribution in [2.45, 2.75) is 24.9 Å². The number of nitrogens with two attached hydrogens (primary N) is 3. The van der Waals surface area contributed by atoms with Crippen molar-refractivity contribution < 1.29 is 40.2 Å². The number of quaternary nitrogens is 2. The number of amides is 1. The Bertz CT molecular complexity index is 1070. The van der Waals surface area contributed by atoms with E-state index in [0.717, 1.165) is 5.69 Å². The molecule has 2 aromatic rings. The fraction of sp³-hybridized carbons (Fsp3) is 0.316. The van der Waals surface area contributed by atoms with Gasteiger partial charge < -0.3 is 31.9 Å². The summed E-state index contributed by atoms with van der Waals surface area (Å²) in [6.07, 6.45) is -0.565. The molecular weight excluding hydrogens is 422 g/mol. The third-order valence-electron chi connectivity index (χ3n) is 5.04. The average Bonchev–Trinajstić information content (AvgIpc) is 2.75. The molecule has 0 fully saturated rings. The first-order valence-corrected chi connectivity index (χ1v) is 9.95. The number of aromatic nitrogens is 2. The summed E-state index contributed by atoms with van der Waals surface area (Å²) in [7, 11) is 0. The molecule has 170 valence electrons. The SMILES string of the molecule is Nc1[nH]c(=O)c2c([nH+]1)NCC(C[NH2+]c1ccc(C(=O)NC(CCC(=O)O)C(=O)O)cc1)[NH2+]2. The number of aliphatic carboxylic acids is 2. The van der Waals surface area contributed by atoms with Crippen LogP contribution in [0.5, 0.6) is 0 Å². The molecule has 13 nitrogen and oxygen atoms in total. The van der Waals surface area contributed by atoms with Crippen molar-refractivity contribution in [1.29, 1.82) is 0 Å². The van der Waals surface area contributed by atoms with Gasteiger partial charge >= 0.3 is 23.4 Å². The van der Waals surface area contributed by atoms with Crippen LogP contribution in [0, 0.1) is 0 Å². The predicted octanol–water partition coefficient (Wildman–Crippen LogP) is -3.30. The number of carboxylic acid groups (broad SMARTS) is 2. The third-order valence-corrected chi connectivity index (χ3v) is 5.04. The van der Waals surface area contributed by atoms with Gasteiger partial charge in [0.05, 0.1) is 0 Å². The zero-order valence-corrected chi connectivity index (χ0v) is 17.1. The van der Waals surface area contributed by atoms with E-state index in [4.69, 9.17) is 15.9 Å². The van der Waals surface area contributed by atoms with Crippen LogP contribution in [0.2, 0.25) is 0 Å². The third kappa shape index (κ3) is 5.80. The average molecular weight is 448 g/mol. The Morgan fingerprint density at radius 3 is 2.66 bits per heavy atom. The van der Waals surface area contributed by atoms with Gasteiger partial charge in [0.1, 0.15) is 24.8 Å². The van der Waals surface area contributed by atoms with Gasteiger partial charge in [0.15, 0.2) is 6.04 Å². The highest BCUT2D eigenvalue weighted by Gasteiger charge is 2.30. The predicted molar refractivity (Wildman–Crippen MR) is 111 cm³/mol. The number of rotatable bonds is 9. The molecule has 32 heavy (non-hydrogen) atoms. The molecule has 0 bridgehead atoms. The second kappa shape index (κ2) is 9.89. The van der Waals surface area contributed by atoms with Crippen molar-refractivity contribution in [2.75, 3.05) is 24.1 Å². The summed E-state index contributed by atoms with van der Waals surface area (Å²) in [4.78, 5) is 51.6. The number of carbonyl (C=O) groups is 3. The molecule has 0 spiro atoms. The molecular formula is C19H26N7O6+3. The lowest BCUT2D eigenvalue weighted by molar-refractivity contribution is -0.677. The van der Waals surface area contributed by atoms with Crippen LogP contribution in [0.3, 0.4) is 0 Å². The summed E-state index contributed by atoms with van der Waals surface area (Å²) >= 11 is 0. The fourth-order valence-corrected chi connectivity index (χ4v) is 3.34. The first-order valence-electron chi connectivity index (χ1n) is 9.95. The van der Waals surface area contributed by atoms with Crippen molar-refractivity contribution in [2.24, 2.45) is 0 Å². The topological polar surface area (TPSA) is 222 Å². The maximum atomic E-state index is 12.3. The highest BCUT2D eigenvalue weighted by molar-refractivity contribution is 5.96. The van der Waals surface area contributed by atoms with E-state index < -0.39 is 23.9 Å². The molecule has 2 heterocycles. The molecule has 12 N–H and O–H groups in total. The number of benzene rings is 1. The van der Waals surface area contributed by atoms with Crippen LogP contribution in [0.15, 0.2) is 29.1 Å². The molecule has 1 aliphatic rings. The Morgan fingerprint density at radius 2 is 2.00 bits per heavy atom. The standard InChI is InChI=1S/C19H23N7O6/c20-19-25-15-14(17(30)26-19)23-11(8-22-15)7-21-10-3-1-9(2-4-10)16(29)24-12(18(31)32)5-6-13(27)28/h1-4,11-12,21,23H,5-8H2,(H,24,29)(H,27,28)(H,31,32)(H4,20,22,25,26,30)/p+3. The second-order valence-electron chi connectivity index (χ2n) is 7.45. The molecule has 1 aromatic carbocycles. The van der Waals surface area contributed by atoms with Crippen molar-refractivity contribution in [1.82, 2.24) is 10.3 Å². The fourth-order valence-electron chi connectivity index (χ4n) is 3.34. The number of aromatic amines is 2. The van der Waals surface area contributed by atoms with E-state index in [2.05, 4.69) is 20.6 Å². The van der Waals surface area contributed by atoms with Gasteiger partial charge in [0.25, 0.3) is 17.4 Å². The largest absolute Gasteiger partial charge is 0.481 e. The number of carboxylic acids is 2. The molecule has 0 aliphatic carbocycles. The maximum absolute atomic E-state index is 12.3. The summed E-state index contributed by atoms with van der Waals surface area (Å²) in [5.74, 6) is -2.25. The number of H-pyrrole nitrogens is 2. The van der Waals surface area contributed by atoms with Crippen LogP contribution in [-0.2, 0) is 9.59 Å². The highest BCUT2D eigenvalue weighted by Crippen LogP contribution is 2.09. The van der Waals surface area contributed by atoms with Crippen LogP contribution < -0.4 is 37.5 Å². The molecule has 1 aliphatic heterocycles. The summed E-state index contributed by atoms with van der Waals surface area (Å²) in [6.45, 7) is 1.27. The Labute approximate surface area is 181 Å². The van der Waals surface area contributed by atoms with Crippen LogP contribution >= 0.6 is 0 Å².